The number of likely N-dealkylation sites (tertiary alicyclic amines) is 1. The molecule has 2 N–H and O–H groups in total. The Morgan fingerprint density at radius 1 is 1.32 bits per heavy atom. The first kappa shape index (κ1) is 16.3. The summed E-state index contributed by atoms with van der Waals surface area (Å²) in [4.78, 5) is 25.2. The van der Waals surface area contributed by atoms with E-state index in [1.165, 1.54) is 0 Å². The van der Waals surface area contributed by atoms with E-state index in [0.717, 1.165) is 25.1 Å². The number of nitrogens with one attached hydrogen (secondary N) is 2. The lowest BCUT2D eigenvalue weighted by Crippen LogP contribution is -2.46. The molecule has 22 heavy (non-hydrogen) atoms. The number of hydrogen-bond acceptors (Lipinski definition) is 4. The molecule has 2 rings (SSSR count). The van der Waals surface area contributed by atoms with Gasteiger partial charge in [-0.25, -0.2) is 4.79 Å². The van der Waals surface area contributed by atoms with Gasteiger partial charge in [-0.15, -0.1) is 0 Å². The summed E-state index contributed by atoms with van der Waals surface area (Å²) in [6.07, 6.45) is 2.04. The molecule has 1 heterocycles. The zero-order chi connectivity index (χ0) is 15.8. The molecule has 120 valence electrons. The molecule has 1 atom stereocenters. The van der Waals surface area contributed by atoms with Crippen LogP contribution < -0.4 is 15.4 Å². The lowest BCUT2D eigenvalue weighted by Gasteiger charge is -2.23. The van der Waals surface area contributed by atoms with Crippen molar-refractivity contribution >= 4 is 11.9 Å². The molecule has 1 aliphatic rings. The number of urea groups is 1. The summed E-state index contributed by atoms with van der Waals surface area (Å²) in [5.74, 6) is 0.554. The van der Waals surface area contributed by atoms with Crippen molar-refractivity contribution in [2.45, 2.75) is 25.8 Å². The number of carbonyl (C=O) groups is 2. The van der Waals surface area contributed by atoms with Crippen LogP contribution in [0.5, 0.6) is 5.75 Å². The molecule has 0 aliphatic carbocycles. The van der Waals surface area contributed by atoms with Crippen LogP contribution in [0.3, 0.4) is 0 Å². The van der Waals surface area contributed by atoms with E-state index in [-0.39, 0.29) is 18.5 Å². The Kier molecular flexibility index (Phi) is 6.21. The Morgan fingerprint density at radius 3 is 2.82 bits per heavy atom. The van der Waals surface area contributed by atoms with Crippen LogP contribution in [0, 0.1) is 0 Å². The van der Waals surface area contributed by atoms with Crippen LogP contribution in [0.4, 0.5) is 4.79 Å². The van der Waals surface area contributed by atoms with Crippen LogP contribution in [0.25, 0.3) is 0 Å². The Morgan fingerprint density at radius 2 is 2.09 bits per heavy atom. The van der Waals surface area contributed by atoms with Crippen LogP contribution in [-0.2, 0) is 4.79 Å². The zero-order valence-corrected chi connectivity index (χ0v) is 12.9. The number of para-hydroxylation sites is 1. The average Bonchev–Trinajstić information content (AvgIpc) is 2.93. The number of ether oxygens (including phenoxy) is 1. The van der Waals surface area contributed by atoms with Crippen molar-refractivity contribution in [3.63, 3.8) is 0 Å². The van der Waals surface area contributed by atoms with Crippen LogP contribution in [0.2, 0.25) is 0 Å². The maximum Gasteiger partial charge on any atom is 0.321 e. The molecule has 0 saturated carbocycles. The Labute approximate surface area is 130 Å². The maximum absolute atomic E-state index is 11.8. The second-order valence-electron chi connectivity index (χ2n) is 5.30. The number of imide groups is 1. The summed E-state index contributed by atoms with van der Waals surface area (Å²) in [7, 11) is 0. The van der Waals surface area contributed by atoms with Crippen molar-refractivity contribution in [1.29, 1.82) is 0 Å². The molecule has 0 spiro atoms. The molecule has 3 amide bonds. The van der Waals surface area contributed by atoms with E-state index in [2.05, 4.69) is 15.5 Å². The summed E-state index contributed by atoms with van der Waals surface area (Å²) in [5.41, 5.74) is 0. The standard InChI is InChI=1S/C16H23N3O3/c1-2-17-16(21)18-15(20)11-19-10-6-7-13(19)12-22-14-8-4-3-5-9-14/h3-5,8-9,13H,2,6-7,10-12H2,1H3,(H2,17,18,20,21)/t13-/m1/s1. The second-order valence-corrected chi connectivity index (χ2v) is 5.30. The Balaban J connectivity index is 1.78. The topological polar surface area (TPSA) is 70.7 Å². The largest absolute Gasteiger partial charge is 0.492 e. The Bertz CT molecular complexity index is 493. The highest BCUT2D eigenvalue weighted by Crippen LogP contribution is 2.18. The molecule has 0 bridgehead atoms. The van der Waals surface area contributed by atoms with Gasteiger partial charge in [0.15, 0.2) is 0 Å². The molecule has 1 aromatic rings. The van der Waals surface area contributed by atoms with Gasteiger partial charge in [-0.05, 0) is 38.4 Å². The van der Waals surface area contributed by atoms with Gasteiger partial charge >= 0.3 is 6.03 Å². The van der Waals surface area contributed by atoms with Crippen molar-refractivity contribution in [3.05, 3.63) is 30.3 Å². The molecule has 1 saturated heterocycles. The number of hydrogen-bond donors (Lipinski definition) is 2. The fourth-order valence-electron chi connectivity index (χ4n) is 2.56. The van der Waals surface area contributed by atoms with Gasteiger partial charge in [-0.3, -0.25) is 15.0 Å². The minimum absolute atomic E-state index is 0.209. The van der Waals surface area contributed by atoms with Gasteiger partial charge < -0.3 is 10.1 Å². The summed E-state index contributed by atoms with van der Waals surface area (Å²) in [6, 6.07) is 9.41. The smallest absolute Gasteiger partial charge is 0.321 e. The molecule has 1 fully saturated rings. The second kappa shape index (κ2) is 8.38. The van der Waals surface area contributed by atoms with Gasteiger partial charge in [0.05, 0.1) is 6.54 Å². The molecule has 1 aliphatic heterocycles. The fraction of sp³-hybridized carbons (Fsp3) is 0.500. The van der Waals surface area contributed by atoms with Crippen LogP contribution in [0.1, 0.15) is 19.8 Å². The van der Waals surface area contributed by atoms with E-state index in [1.807, 2.05) is 37.3 Å². The molecule has 1 aromatic carbocycles. The predicted octanol–water partition coefficient (Wildman–Crippen LogP) is 1.38. The minimum atomic E-state index is -0.441. The molecule has 0 aromatic heterocycles. The van der Waals surface area contributed by atoms with Gasteiger partial charge in [-0.1, -0.05) is 18.2 Å². The number of carbonyl (C=O) groups excluding carboxylic acids is 2. The molecular weight excluding hydrogens is 282 g/mol. The third kappa shape index (κ3) is 5.04. The van der Waals surface area contributed by atoms with Gasteiger partial charge in [-0.2, -0.15) is 0 Å². The minimum Gasteiger partial charge on any atom is -0.492 e. The van der Waals surface area contributed by atoms with E-state index in [1.54, 1.807) is 0 Å². The third-order valence-electron chi connectivity index (χ3n) is 3.62. The highest BCUT2D eigenvalue weighted by Gasteiger charge is 2.27. The van der Waals surface area contributed by atoms with E-state index < -0.39 is 6.03 Å². The first-order chi connectivity index (χ1) is 10.7. The van der Waals surface area contributed by atoms with Gasteiger partial charge in [0.1, 0.15) is 12.4 Å². The Hall–Kier alpha value is -2.08. The average molecular weight is 305 g/mol. The van der Waals surface area contributed by atoms with E-state index in [9.17, 15) is 9.59 Å². The highest BCUT2D eigenvalue weighted by molar-refractivity contribution is 5.95. The van der Waals surface area contributed by atoms with E-state index >= 15 is 0 Å². The summed E-state index contributed by atoms with van der Waals surface area (Å²) < 4.78 is 5.77. The summed E-state index contributed by atoms with van der Waals surface area (Å²) >= 11 is 0. The van der Waals surface area contributed by atoms with Gasteiger partial charge in [0, 0.05) is 12.6 Å². The first-order valence-electron chi connectivity index (χ1n) is 7.68. The quantitative estimate of drug-likeness (QED) is 0.833. The summed E-state index contributed by atoms with van der Waals surface area (Å²) in [6.45, 7) is 3.93. The summed E-state index contributed by atoms with van der Waals surface area (Å²) in [5, 5.41) is 4.88. The molecule has 0 radical (unpaired) electrons. The van der Waals surface area contributed by atoms with Crippen molar-refractivity contribution in [1.82, 2.24) is 15.5 Å². The lowest BCUT2D eigenvalue weighted by atomic mass is 10.2. The normalized spacial score (nSPS) is 18.0. The predicted molar refractivity (Wildman–Crippen MR) is 83.7 cm³/mol. The van der Waals surface area contributed by atoms with Crippen molar-refractivity contribution < 1.29 is 14.3 Å². The highest BCUT2D eigenvalue weighted by atomic mass is 16.5. The number of rotatable bonds is 6. The van der Waals surface area contributed by atoms with Crippen LogP contribution >= 0.6 is 0 Å². The third-order valence-corrected chi connectivity index (χ3v) is 3.62. The number of amides is 3. The number of benzene rings is 1. The zero-order valence-electron chi connectivity index (χ0n) is 12.9. The van der Waals surface area contributed by atoms with Crippen molar-refractivity contribution in [3.8, 4) is 5.75 Å². The molecular formula is C16H23N3O3. The molecule has 0 unspecified atom stereocenters. The first-order valence-corrected chi connectivity index (χ1v) is 7.68. The molecule has 6 nitrogen and oxygen atoms in total. The van der Waals surface area contributed by atoms with Crippen molar-refractivity contribution in [2.75, 3.05) is 26.2 Å². The van der Waals surface area contributed by atoms with E-state index in [4.69, 9.17) is 4.74 Å². The SMILES string of the molecule is CCNC(=O)NC(=O)CN1CCC[C@@H]1COc1ccccc1. The van der Waals surface area contributed by atoms with Crippen molar-refractivity contribution in [2.24, 2.45) is 0 Å². The molecule has 6 heteroatoms. The van der Waals surface area contributed by atoms with Crippen LogP contribution in [0.15, 0.2) is 30.3 Å². The maximum atomic E-state index is 11.8. The fourth-order valence-corrected chi connectivity index (χ4v) is 2.56. The number of nitrogens with zero attached hydrogens (tertiary/aromatic N) is 1. The monoisotopic (exact) mass is 305 g/mol. The van der Waals surface area contributed by atoms with E-state index in [0.29, 0.717) is 13.2 Å². The van der Waals surface area contributed by atoms with Crippen LogP contribution in [-0.4, -0.2) is 49.1 Å². The van der Waals surface area contributed by atoms with Gasteiger partial charge in [0.2, 0.25) is 5.91 Å². The van der Waals surface area contributed by atoms with Gasteiger partial charge in [0.25, 0.3) is 0 Å². The lowest BCUT2D eigenvalue weighted by molar-refractivity contribution is -0.121.